The predicted octanol–water partition coefficient (Wildman–Crippen LogP) is 4.46. The largest absolute Gasteiger partial charge is 0.324 e. The lowest BCUT2D eigenvalue weighted by Gasteiger charge is -2.12. The minimum atomic E-state index is 0.0345. The van der Waals surface area contributed by atoms with Crippen molar-refractivity contribution in [1.82, 2.24) is 0 Å². The lowest BCUT2D eigenvalue weighted by atomic mass is 10.0. The van der Waals surface area contributed by atoms with Gasteiger partial charge in [0.25, 0.3) is 0 Å². The standard InChI is InChI=1S/C12H15BrClN/c1-8(2)3-6-12(15)9-4-5-10(13)11(14)7-9/h4-5,7,12H,1,3,6,15H2,2H3. The van der Waals surface area contributed by atoms with Crippen LogP contribution in [0.2, 0.25) is 5.02 Å². The predicted molar refractivity (Wildman–Crippen MR) is 70.1 cm³/mol. The number of halogens is 2. The fourth-order valence-electron chi connectivity index (χ4n) is 1.31. The molecule has 0 aliphatic carbocycles. The summed E-state index contributed by atoms with van der Waals surface area (Å²) in [4.78, 5) is 0. The van der Waals surface area contributed by atoms with Gasteiger partial charge in [-0.3, -0.25) is 0 Å². The van der Waals surface area contributed by atoms with Gasteiger partial charge in [-0.25, -0.2) is 0 Å². The fourth-order valence-corrected chi connectivity index (χ4v) is 1.75. The van der Waals surface area contributed by atoms with Crippen LogP contribution in [0.5, 0.6) is 0 Å². The van der Waals surface area contributed by atoms with E-state index in [2.05, 4.69) is 22.5 Å². The van der Waals surface area contributed by atoms with Crippen molar-refractivity contribution >= 4 is 27.5 Å². The molecule has 1 aromatic carbocycles. The van der Waals surface area contributed by atoms with E-state index in [0.717, 1.165) is 28.5 Å². The summed E-state index contributed by atoms with van der Waals surface area (Å²) in [5.74, 6) is 0. The molecule has 15 heavy (non-hydrogen) atoms. The summed E-state index contributed by atoms with van der Waals surface area (Å²) < 4.78 is 0.903. The minimum absolute atomic E-state index is 0.0345. The first-order valence-electron chi connectivity index (χ1n) is 4.85. The Morgan fingerprint density at radius 3 is 2.80 bits per heavy atom. The van der Waals surface area contributed by atoms with E-state index in [1.54, 1.807) is 0 Å². The number of hydrogen-bond acceptors (Lipinski definition) is 1. The molecule has 2 N–H and O–H groups in total. The van der Waals surface area contributed by atoms with Crippen molar-refractivity contribution in [3.8, 4) is 0 Å². The van der Waals surface area contributed by atoms with Gasteiger partial charge >= 0.3 is 0 Å². The summed E-state index contributed by atoms with van der Waals surface area (Å²) >= 11 is 9.35. The Kier molecular flexibility index (Phi) is 4.84. The number of hydrogen-bond donors (Lipinski definition) is 1. The van der Waals surface area contributed by atoms with Gasteiger partial charge in [0, 0.05) is 10.5 Å². The second-order valence-electron chi connectivity index (χ2n) is 3.78. The van der Waals surface area contributed by atoms with E-state index in [4.69, 9.17) is 17.3 Å². The summed E-state index contributed by atoms with van der Waals surface area (Å²) in [6.07, 6.45) is 1.86. The van der Waals surface area contributed by atoms with E-state index in [0.29, 0.717) is 5.02 Å². The molecule has 0 radical (unpaired) electrons. The monoisotopic (exact) mass is 287 g/mol. The molecule has 0 aliphatic rings. The zero-order chi connectivity index (χ0) is 11.4. The second kappa shape index (κ2) is 5.69. The Morgan fingerprint density at radius 2 is 2.27 bits per heavy atom. The molecule has 0 aromatic heterocycles. The second-order valence-corrected chi connectivity index (χ2v) is 5.04. The SMILES string of the molecule is C=C(C)CCC(N)c1ccc(Br)c(Cl)c1. The molecule has 1 atom stereocenters. The molecule has 1 unspecified atom stereocenters. The van der Waals surface area contributed by atoms with Crippen molar-refractivity contribution in [2.75, 3.05) is 0 Å². The molecule has 0 heterocycles. The summed E-state index contributed by atoms with van der Waals surface area (Å²) in [5.41, 5.74) is 8.28. The van der Waals surface area contributed by atoms with Crippen molar-refractivity contribution in [2.24, 2.45) is 5.73 Å². The van der Waals surface area contributed by atoms with Gasteiger partial charge in [-0.15, -0.1) is 6.58 Å². The summed E-state index contributed by atoms with van der Waals surface area (Å²) in [5, 5.41) is 0.707. The van der Waals surface area contributed by atoms with Gasteiger partial charge in [0.2, 0.25) is 0 Å². The Balaban J connectivity index is 2.69. The number of nitrogens with two attached hydrogens (primary N) is 1. The van der Waals surface area contributed by atoms with E-state index in [9.17, 15) is 0 Å². The Morgan fingerprint density at radius 1 is 1.60 bits per heavy atom. The number of allylic oxidation sites excluding steroid dienone is 1. The lowest BCUT2D eigenvalue weighted by molar-refractivity contribution is 0.649. The molecular formula is C12H15BrClN. The van der Waals surface area contributed by atoms with Gasteiger partial charge < -0.3 is 5.73 Å². The van der Waals surface area contributed by atoms with Crippen molar-refractivity contribution in [1.29, 1.82) is 0 Å². The van der Waals surface area contributed by atoms with Crippen LogP contribution in [0.1, 0.15) is 31.4 Å². The molecule has 0 aliphatic heterocycles. The molecule has 1 rings (SSSR count). The maximum Gasteiger partial charge on any atom is 0.0551 e. The van der Waals surface area contributed by atoms with E-state index in [1.165, 1.54) is 0 Å². The van der Waals surface area contributed by atoms with E-state index >= 15 is 0 Å². The van der Waals surface area contributed by atoms with Gasteiger partial charge in [0.1, 0.15) is 0 Å². The molecule has 0 saturated heterocycles. The molecule has 1 nitrogen and oxygen atoms in total. The van der Waals surface area contributed by atoms with Crippen LogP contribution >= 0.6 is 27.5 Å². The topological polar surface area (TPSA) is 26.0 Å². The number of benzene rings is 1. The van der Waals surface area contributed by atoms with Crippen molar-refractivity contribution in [2.45, 2.75) is 25.8 Å². The quantitative estimate of drug-likeness (QED) is 0.813. The highest BCUT2D eigenvalue weighted by molar-refractivity contribution is 9.10. The number of rotatable bonds is 4. The molecule has 82 valence electrons. The van der Waals surface area contributed by atoms with Crippen LogP contribution in [-0.4, -0.2) is 0 Å². The van der Waals surface area contributed by atoms with Crippen LogP contribution < -0.4 is 5.73 Å². The van der Waals surface area contributed by atoms with Crippen molar-refractivity contribution in [3.63, 3.8) is 0 Å². The molecule has 0 saturated carbocycles. The lowest BCUT2D eigenvalue weighted by Crippen LogP contribution is -2.10. The highest BCUT2D eigenvalue weighted by Crippen LogP contribution is 2.27. The fraction of sp³-hybridized carbons (Fsp3) is 0.333. The van der Waals surface area contributed by atoms with Gasteiger partial charge in [-0.1, -0.05) is 23.2 Å². The molecule has 3 heteroatoms. The Bertz CT molecular complexity index is 363. The van der Waals surface area contributed by atoms with Gasteiger partial charge in [-0.05, 0) is 53.4 Å². The first-order valence-corrected chi connectivity index (χ1v) is 6.02. The third-order valence-corrected chi connectivity index (χ3v) is 3.49. The van der Waals surface area contributed by atoms with Crippen LogP contribution in [0.3, 0.4) is 0 Å². The van der Waals surface area contributed by atoms with E-state index < -0.39 is 0 Å². The van der Waals surface area contributed by atoms with Gasteiger partial charge in [-0.2, -0.15) is 0 Å². The van der Waals surface area contributed by atoms with Crippen LogP contribution in [0.4, 0.5) is 0 Å². The molecule has 0 amide bonds. The van der Waals surface area contributed by atoms with E-state index in [-0.39, 0.29) is 6.04 Å². The van der Waals surface area contributed by atoms with Crippen molar-refractivity contribution < 1.29 is 0 Å². The molecule has 0 spiro atoms. The average molecular weight is 289 g/mol. The maximum absolute atomic E-state index is 6.05. The third kappa shape index (κ3) is 3.98. The Labute approximate surface area is 104 Å². The normalized spacial score (nSPS) is 12.5. The zero-order valence-electron chi connectivity index (χ0n) is 8.76. The first-order chi connectivity index (χ1) is 7.00. The molecule has 1 aromatic rings. The Hall–Kier alpha value is -0.310. The first kappa shape index (κ1) is 12.8. The molecular weight excluding hydrogens is 273 g/mol. The third-order valence-electron chi connectivity index (χ3n) is 2.25. The highest BCUT2D eigenvalue weighted by atomic mass is 79.9. The van der Waals surface area contributed by atoms with Crippen LogP contribution in [0, 0.1) is 0 Å². The minimum Gasteiger partial charge on any atom is -0.324 e. The van der Waals surface area contributed by atoms with Crippen LogP contribution in [-0.2, 0) is 0 Å². The molecule has 0 bridgehead atoms. The summed E-state index contributed by atoms with van der Waals surface area (Å²) in [7, 11) is 0. The van der Waals surface area contributed by atoms with E-state index in [1.807, 2.05) is 25.1 Å². The highest BCUT2D eigenvalue weighted by Gasteiger charge is 2.07. The average Bonchev–Trinajstić information content (AvgIpc) is 2.18. The maximum atomic E-state index is 6.05. The van der Waals surface area contributed by atoms with Crippen LogP contribution in [0.25, 0.3) is 0 Å². The summed E-state index contributed by atoms with van der Waals surface area (Å²) in [6, 6.07) is 5.87. The van der Waals surface area contributed by atoms with Gasteiger partial charge in [0.05, 0.1) is 5.02 Å². The smallest absolute Gasteiger partial charge is 0.0551 e. The van der Waals surface area contributed by atoms with Gasteiger partial charge in [0.15, 0.2) is 0 Å². The molecule has 0 fully saturated rings. The summed E-state index contributed by atoms with van der Waals surface area (Å²) in [6.45, 7) is 5.88. The van der Waals surface area contributed by atoms with Crippen molar-refractivity contribution in [3.05, 3.63) is 45.4 Å². The van der Waals surface area contributed by atoms with Crippen LogP contribution in [0.15, 0.2) is 34.8 Å². The zero-order valence-corrected chi connectivity index (χ0v) is 11.1.